The van der Waals surface area contributed by atoms with Crippen LogP contribution in [0.2, 0.25) is 0 Å². The average molecular weight is 178 g/mol. The van der Waals surface area contributed by atoms with Crippen LogP contribution >= 0.6 is 0 Å². The molecular formula is C10H14N2O. The van der Waals surface area contributed by atoms with Gasteiger partial charge in [-0.05, 0) is 31.7 Å². The van der Waals surface area contributed by atoms with Crippen LogP contribution in [0.3, 0.4) is 0 Å². The summed E-state index contributed by atoms with van der Waals surface area (Å²) in [6.07, 6.45) is 3.81. The van der Waals surface area contributed by atoms with Crippen molar-refractivity contribution in [3.63, 3.8) is 0 Å². The maximum Gasteiger partial charge on any atom is 0.266 e. The number of hydrogen-bond acceptors (Lipinski definition) is 2. The lowest BCUT2D eigenvalue weighted by molar-refractivity contribution is 0.261. The van der Waals surface area contributed by atoms with Gasteiger partial charge >= 0.3 is 0 Å². The molecule has 13 heavy (non-hydrogen) atoms. The lowest BCUT2D eigenvalue weighted by Crippen LogP contribution is -2.28. The Morgan fingerprint density at radius 3 is 2.92 bits per heavy atom. The van der Waals surface area contributed by atoms with Gasteiger partial charge in [-0.3, -0.25) is 4.79 Å². The molecule has 1 heterocycles. The predicted molar refractivity (Wildman–Crippen MR) is 50.6 cm³/mol. The topological polar surface area (TPSA) is 34.9 Å². The van der Waals surface area contributed by atoms with Crippen molar-refractivity contribution in [2.75, 3.05) is 0 Å². The van der Waals surface area contributed by atoms with Gasteiger partial charge in [0.05, 0.1) is 5.69 Å². The van der Waals surface area contributed by atoms with E-state index in [1.165, 1.54) is 19.3 Å². The van der Waals surface area contributed by atoms with Crippen LogP contribution in [0.1, 0.15) is 25.0 Å². The summed E-state index contributed by atoms with van der Waals surface area (Å²) in [7, 11) is 0. The van der Waals surface area contributed by atoms with Gasteiger partial charge in [-0.2, -0.15) is 5.10 Å². The van der Waals surface area contributed by atoms with Crippen LogP contribution in [-0.4, -0.2) is 9.78 Å². The minimum atomic E-state index is 0.0255. The molecule has 2 rings (SSSR count). The molecule has 1 aliphatic rings. The summed E-state index contributed by atoms with van der Waals surface area (Å²) in [5.41, 5.74) is 0.941. The lowest BCUT2D eigenvalue weighted by atomic mass is 9.85. The molecule has 0 amide bonds. The van der Waals surface area contributed by atoms with E-state index in [0.717, 1.165) is 12.2 Å². The van der Waals surface area contributed by atoms with Crippen LogP contribution in [0, 0.1) is 12.8 Å². The van der Waals surface area contributed by atoms with Crippen LogP contribution < -0.4 is 5.56 Å². The summed E-state index contributed by atoms with van der Waals surface area (Å²) < 4.78 is 1.60. The molecule has 0 spiro atoms. The van der Waals surface area contributed by atoms with E-state index >= 15 is 0 Å². The van der Waals surface area contributed by atoms with Gasteiger partial charge in [0.2, 0.25) is 0 Å². The summed E-state index contributed by atoms with van der Waals surface area (Å²) in [4.78, 5) is 11.3. The quantitative estimate of drug-likeness (QED) is 0.685. The molecule has 70 valence electrons. The second kappa shape index (κ2) is 3.32. The number of aryl methyl sites for hydroxylation is 1. The third-order valence-corrected chi connectivity index (χ3v) is 2.66. The molecule has 0 N–H and O–H groups in total. The highest BCUT2D eigenvalue weighted by Gasteiger charge is 2.18. The number of nitrogens with zero attached hydrogens (tertiary/aromatic N) is 2. The van der Waals surface area contributed by atoms with Gasteiger partial charge in [0.1, 0.15) is 0 Å². The van der Waals surface area contributed by atoms with Crippen LogP contribution in [0.15, 0.2) is 16.9 Å². The highest BCUT2D eigenvalue weighted by atomic mass is 16.1. The summed E-state index contributed by atoms with van der Waals surface area (Å²) in [5, 5.41) is 4.20. The Labute approximate surface area is 77.4 Å². The second-order valence-corrected chi connectivity index (χ2v) is 3.79. The van der Waals surface area contributed by atoms with Gasteiger partial charge in [0.15, 0.2) is 0 Å². The van der Waals surface area contributed by atoms with Crippen molar-refractivity contribution in [1.29, 1.82) is 0 Å². The molecule has 0 unspecified atom stereocenters. The Morgan fingerprint density at radius 2 is 2.31 bits per heavy atom. The third kappa shape index (κ3) is 1.79. The Kier molecular flexibility index (Phi) is 2.17. The average Bonchev–Trinajstić information content (AvgIpc) is 2.03. The van der Waals surface area contributed by atoms with Gasteiger partial charge in [0.25, 0.3) is 5.56 Å². The normalized spacial score (nSPS) is 17.0. The first kappa shape index (κ1) is 8.48. The molecule has 0 aromatic carbocycles. The van der Waals surface area contributed by atoms with Gasteiger partial charge < -0.3 is 0 Å². The second-order valence-electron chi connectivity index (χ2n) is 3.79. The first-order chi connectivity index (χ1) is 6.25. The molecule has 0 aliphatic heterocycles. The number of rotatable bonds is 2. The molecule has 1 aromatic rings. The van der Waals surface area contributed by atoms with Crippen molar-refractivity contribution >= 4 is 0 Å². The molecule has 1 saturated carbocycles. The Balaban J connectivity index is 2.17. The minimum Gasteiger partial charge on any atom is -0.268 e. The number of hydrogen-bond donors (Lipinski definition) is 0. The van der Waals surface area contributed by atoms with Crippen LogP contribution in [-0.2, 0) is 6.54 Å². The standard InChI is InChI=1S/C10H14N2O/c1-8-5-6-10(13)12(11-8)7-9-3-2-4-9/h5-6,9H,2-4,7H2,1H3. The summed E-state index contributed by atoms with van der Waals surface area (Å²) in [5.74, 6) is 0.687. The SMILES string of the molecule is Cc1ccc(=O)n(CC2CCC2)n1. The Hall–Kier alpha value is -1.12. The zero-order valence-corrected chi connectivity index (χ0v) is 7.86. The molecule has 0 bridgehead atoms. The predicted octanol–water partition coefficient (Wildman–Crippen LogP) is 1.35. The molecule has 0 radical (unpaired) electrons. The summed E-state index contributed by atoms with van der Waals surface area (Å²) in [6.45, 7) is 2.72. The van der Waals surface area contributed by atoms with E-state index in [9.17, 15) is 4.79 Å². The Morgan fingerprint density at radius 1 is 1.54 bits per heavy atom. The van der Waals surface area contributed by atoms with Crippen LogP contribution in [0.4, 0.5) is 0 Å². The fourth-order valence-corrected chi connectivity index (χ4v) is 1.60. The molecular weight excluding hydrogens is 164 g/mol. The van der Waals surface area contributed by atoms with Crippen molar-refractivity contribution in [2.45, 2.75) is 32.7 Å². The van der Waals surface area contributed by atoms with E-state index < -0.39 is 0 Å². The summed E-state index contributed by atoms with van der Waals surface area (Å²) in [6, 6.07) is 3.36. The largest absolute Gasteiger partial charge is 0.268 e. The first-order valence-electron chi connectivity index (χ1n) is 4.80. The van der Waals surface area contributed by atoms with Crippen molar-refractivity contribution in [3.8, 4) is 0 Å². The van der Waals surface area contributed by atoms with Gasteiger partial charge in [-0.25, -0.2) is 4.68 Å². The maximum atomic E-state index is 11.3. The smallest absolute Gasteiger partial charge is 0.266 e. The highest BCUT2D eigenvalue weighted by molar-refractivity contribution is 4.97. The van der Waals surface area contributed by atoms with Crippen molar-refractivity contribution in [3.05, 3.63) is 28.2 Å². The third-order valence-electron chi connectivity index (χ3n) is 2.66. The fraction of sp³-hybridized carbons (Fsp3) is 0.600. The zero-order chi connectivity index (χ0) is 9.26. The van der Waals surface area contributed by atoms with E-state index in [1.807, 2.05) is 6.92 Å². The molecule has 0 atom stereocenters. The highest BCUT2D eigenvalue weighted by Crippen LogP contribution is 2.26. The first-order valence-corrected chi connectivity index (χ1v) is 4.80. The van der Waals surface area contributed by atoms with Crippen LogP contribution in [0.25, 0.3) is 0 Å². The Bertz CT molecular complexity index is 352. The van der Waals surface area contributed by atoms with E-state index in [1.54, 1.807) is 16.8 Å². The van der Waals surface area contributed by atoms with E-state index in [-0.39, 0.29) is 5.56 Å². The molecule has 1 aromatic heterocycles. The molecule has 1 fully saturated rings. The van der Waals surface area contributed by atoms with Gasteiger partial charge in [-0.15, -0.1) is 0 Å². The maximum absolute atomic E-state index is 11.3. The fourth-order valence-electron chi connectivity index (χ4n) is 1.60. The molecule has 1 aliphatic carbocycles. The van der Waals surface area contributed by atoms with E-state index in [4.69, 9.17) is 0 Å². The minimum absolute atomic E-state index is 0.0255. The van der Waals surface area contributed by atoms with Gasteiger partial charge in [0, 0.05) is 12.6 Å². The molecule has 3 heteroatoms. The monoisotopic (exact) mass is 178 g/mol. The van der Waals surface area contributed by atoms with Crippen molar-refractivity contribution < 1.29 is 0 Å². The van der Waals surface area contributed by atoms with Crippen LogP contribution in [0.5, 0.6) is 0 Å². The molecule has 0 saturated heterocycles. The zero-order valence-electron chi connectivity index (χ0n) is 7.86. The van der Waals surface area contributed by atoms with Gasteiger partial charge in [-0.1, -0.05) is 6.42 Å². The van der Waals surface area contributed by atoms with Crippen molar-refractivity contribution in [2.24, 2.45) is 5.92 Å². The molecule has 3 nitrogen and oxygen atoms in total. The summed E-state index contributed by atoms with van der Waals surface area (Å²) >= 11 is 0. The van der Waals surface area contributed by atoms with Crippen molar-refractivity contribution in [1.82, 2.24) is 9.78 Å². The van der Waals surface area contributed by atoms with E-state index in [2.05, 4.69) is 5.10 Å². The van der Waals surface area contributed by atoms with E-state index in [0.29, 0.717) is 5.92 Å². The number of aromatic nitrogens is 2. The lowest BCUT2D eigenvalue weighted by Gasteiger charge is -2.25.